The molecule has 1 N–H and O–H groups in total. The second kappa shape index (κ2) is 7.12. The van der Waals surface area contributed by atoms with Crippen LogP contribution >= 0.6 is 11.6 Å². The smallest absolute Gasteiger partial charge is 0.178 e. The largest absolute Gasteiger partial charge is 0.346 e. The molecular formula is C18H23ClN2O. The minimum absolute atomic E-state index is 0.133. The van der Waals surface area contributed by atoms with E-state index < -0.39 is 0 Å². The van der Waals surface area contributed by atoms with Crippen LogP contribution in [0.3, 0.4) is 0 Å². The number of hydrogen-bond donors (Lipinski definition) is 1. The highest BCUT2D eigenvalue weighted by Crippen LogP contribution is 2.20. The van der Waals surface area contributed by atoms with Crippen molar-refractivity contribution in [2.75, 3.05) is 6.54 Å². The molecule has 0 radical (unpaired) electrons. The standard InChI is InChI=1S/C18H23ClN2O/c1-12(2)21-13(3)9-17(14(21)4)18(22)11-20-10-15-5-7-16(19)8-6-15/h5-9,12,20H,10-11H2,1-4H3. The van der Waals surface area contributed by atoms with E-state index in [1.807, 2.05) is 44.2 Å². The van der Waals surface area contributed by atoms with E-state index in [2.05, 4.69) is 23.7 Å². The predicted octanol–water partition coefficient (Wildman–Crippen LogP) is 4.31. The van der Waals surface area contributed by atoms with E-state index >= 15 is 0 Å². The number of hydrogen-bond acceptors (Lipinski definition) is 2. The fraction of sp³-hybridized carbons (Fsp3) is 0.389. The Morgan fingerprint density at radius 1 is 1.23 bits per heavy atom. The van der Waals surface area contributed by atoms with E-state index in [0.717, 1.165) is 27.5 Å². The summed E-state index contributed by atoms with van der Waals surface area (Å²) < 4.78 is 2.20. The highest BCUT2D eigenvalue weighted by molar-refractivity contribution is 6.30. The fourth-order valence-electron chi connectivity index (χ4n) is 2.87. The molecule has 1 heterocycles. The molecule has 3 nitrogen and oxygen atoms in total. The van der Waals surface area contributed by atoms with Gasteiger partial charge in [0.25, 0.3) is 0 Å². The molecule has 22 heavy (non-hydrogen) atoms. The molecule has 0 aliphatic heterocycles. The molecule has 4 heteroatoms. The number of nitrogens with zero attached hydrogens (tertiary/aromatic N) is 1. The third-order valence-electron chi connectivity index (χ3n) is 3.83. The molecule has 0 saturated carbocycles. The van der Waals surface area contributed by atoms with Gasteiger partial charge in [0.1, 0.15) is 0 Å². The molecule has 2 aromatic rings. The van der Waals surface area contributed by atoms with Crippen molar-refractivity contribution in [1.82, 2.24) is 9.88 Å². The van der Waals surface area contributed by atoms with Gasteiger partial charge < -0.3 is 9.88 Å². The van der Waals surface area contributed by atoms with Crippen LogP contribution in [0, 0.1) is 13.8 Å². The van der Waals surface area contributed by atoms with Gasteiger partial charge in [-0.05, 0) is 51.5 Å². The van der Waals surface area contributed by atoms with Crippen LogP contribution < -0.4 is 5.32 Å². The van der Waals surface area contributed by atoms with Crippen LogP contribution in [0.2, 0.25) is 5.02 Å². The van der Waals surface area contributed by atoms with Crippen molar-refractivity contribution >= 4 is 17.4 Å². The van der Waals surface area contributed by atoms with Crippen molar-refractivity contribution in [2.45, 2.75) is 40.3 Å². The zero-order valence-corrected chi connectivity index (χ0v) is 14.4. The van der Waals surface area contributed by atoms with Crippen molar-refractivity contribution in [2.24, 2.45) is 0 Å². The summed E-state index contributed by atoms with van der Waals surface area (Å²) in [5.74, 6) is 0.133. The van der Waals surface area contributed by atoms with Gasteiger partial charge in [-0.1, -0.05) is 23.7 Å². The van der Waals surface area contributed by atoms with E-state index in [-0.39, 0.29) is 5.78 Å². The Balaban J connectivity index is 1.98. The Labute approximate surface area is 137 Å². The van der Waals surface area contributed by atoms with E-state index in [1.165, 1.54) is 0 Å². The van der Waals surface area contributed by atoms with Gasteiger partial charge in [-0.15, -0.1) is 0 Å². The number of nitrogens with one attached hydrogen (secondary N) is 1. The minimum Gasteiger partial charge on any atom is -0.346 e. The van der Waals surface area contributed by atoms with Crippen LogP contribution in [0.4, 0.5) is 0 Å². The summed E-state index contributed by atoms with van der Waals surface area (Å²) in [6.07, 6.45) is 0. The first-order valence-electron chi connectivity index (χ1n) is 7.57. The summed E-state index contributed by atoms with van der Waals surface area (Å²) in [6.45, 7) is 9.32. The molecule has 0 aliphatic rings. The van der Waals surface area contributed by atoms with Crippen molar-refractivity contribution in [3.63, 3.8) is 0 Å². The average molecular weight is 319 g/mol. The summed E-state index contributed by atoms with van der Waals surface area (Å²) in [4.78, 5) is 12.4. The Morgan fingerprint density at radius 2 is 1.86 bits per heavy atom. The second-order valence-corrected chi connectivity index (χ2v) is 6.34. The Hall–Kier alpha value is -1.58. The number of aromatic nitrogens is 1. The predicted molar refractivity (Wildman–Crippen MR) is 91.8 cm³/mol. The fourth-order valence-corrected chi connectivity index (χ4v) is 3.00. The second-order valence-electron chi connectivity index (χ2n) is 5.90. The SMILES string of the molecule is Cc1cc(C(=O)CNCc2ccc(Cl)cc2)c(C)n1C(C)C. The highest BCUT2D eigenvalue weighted by Gasteiger charge is 2.16. The first kappa shape index (κ1) is 16.8. The summed E-state index contributed by atoms with van der Waals surface area (Å²) in [6, 6.07) is 9.99. The Morgan fingerprint density at radius 3 is 2.41 bits per heavy atom. The third-order valence-corrected chi connectivity index (χ3v) is 4.08. The van der Waals surface area contributed by atoms with Crippen LogP contribution in [0.5, 0.6) is 0 Å². The Bertz CT molecular complexity index is 656. The van der Waals surface area contributed by atoms with E-state index in [9.17, 15) is 4.79 Å². The van der Waals surface area contributed by atoms with E-state index in [1.54, 1.807) is 0 Å². The first-order chi connectivity index (χ1) is 10.4. The number of ketones is 1. The molecule has 118 valence electrons. The van der Waals surface area contributed by atoms with Gasteiger partial charge in [0.2, 0.25) is 0 Å². The van der Waals surface area contributed by atoms with Crippen LogP contribution in [0.15, 0.2) is 30.3 Å². The number of carbonyl (C=O) groups excluding carboxylic acids is 1. The maximum Gasteiger partial charge on any atom is 0.178 e. The van der Waals surface area contributed by atoms with E-state index in [4.69, 9.17) is 11.6 Å². The van der Waals surface area contributed by atoms with Crippen molar-refractivity contribution < 1.29 is 4.79 Å². The summed E-state index contributed by atoms with van der Waals surface area (Å²) in [5.41, 5.74) is 4.11. The lowest BCUT2D eigenvalue weighted by atomic mass is 10.1. The molecule has 0 aliphatic carbocycles. The van der Waals surface area contributed by atoms with E-state index in [0.29, 0.717) is 19.1 Å². The summed E-state index contributed by atoms with van der Waals surface area (Å²) in [7, 11) is 0. The maximum atomic E-state index is 12.4. The van der Waals surface area contributed by atoms with Crippen molar-refractivity contribution in [3.05, 3.63) is 57.9 Å². The summed E-state index contributed by atoms with van der Waals surface area (Å²) in [5, 5.41) is 3.93. The van der Waals surface area contributed by atoms with Gasteiger partial charge in [-0.2, -0.15) is 0 Å². The van der Waals surface area contributed by atoms with Crippen LogP contribution in [-0.4, -0.2) is 16.9 Å². The molecule has 1 aromatic heterocycles. The minimum atomic E-state index is 0.133. The lowest BCUT2D eigenvalue weighted by Crippen LogP contribution is -2.23. The zero-order chi connectivity index (χ0) is 16.3. The molecule has 1 aromatic carbocycles. The first-order valence-corrected chi connectivity index (χ1v) is 7.94. The van der Waals surface area contributed by atoms with Crippen LogP contribution in [-0.2, 0) is 6.54 Å². The van der Waals surface area contributed by atoms with Gasteiger partial charge in [-0.3, -0.25) is 4.79 Å². The number of carbonyl (C=O) groups is 1. The van der Waals surface area contributed by atoms with Gasteiger partial charge in [0, 0.05) is 34.6 Å². The summed E-state index contributed by atoms with van der Waals surface area (Å²) >= 11 is 5.86. The molecule has 0 atom stereocenters. The lowest BCUT2D eigenvalue weighted by molar-refractivity contribution is 0.0990. The monoisotopic (exact) mass is 318 g/mol. The molecule has 2 rings (SSSR count). The molecule has 0 bridgehead atoms. The quantitative estimate of drug-likeness (QED) is 0.805. The number of benzene rings is 1. The molecule has 0 fully saturated rings. The normalized spacial score (nSPS) is 11.2. The number of Topliss-reactive ketones (excluding diaryl/α,β-unsaturated/α-hetero) is 1. The van der Waals surface area contributed by atoms with Gasteiger partial charge in [0.15, 0.2) is 5.78 Å². The number of halogens is 1. The van der Waals surface area contributed by atoms with Gasteiger partial charge in [0.05, 0.1) is 6.54 Å². The lowest BCUT2D eigenvalue weighted by Gasteiger charge is -2.13. The molecule has 0 spiro atoms. The Kier molecular flexibility index (Phi) is 5.43. The molecule has 0 saturated heterocycles. The zero-order valence-electron chi connectivity index (χ0n) is 13.6. The average Bonchev–Trinajstić information content (AvgIpc) is 2.76. The van der Waals surface area contributed by atoms with Crippen LogP contribution in [0.1, 0.15) is 47.2 Å². The molecule has 0 unspecified atom stereocenters. The van der Waals surface area contributed by atoms with Crippen molar-refractivity contribution in [3.8, 4) is 0 Å². The third kappa shape index (κ3) is 3.79. The maximum absolute atomic E-state index is 12.4. The van der Waals surface area contributed by atoms with Gasteiger partial charge in [-0.25, -0.2) is 0 Å². The topological polar surface area (TPSA) is 34.0 Å². The highest BCUT2D eigenvalue weighted by atomic mass is 35.5. The molecular weight excluding hydrogens is 296 g/mol. The van der Waals surface area contributed by atoms with Gasteiger partial charge >= 0.3 is 0 Å². The number of rotatable bonds is 6. The number of aryl methyl sites for hydroxylation is 1. The van der Waals surface area contributed by atoms with Crippen LogP contribution in [0.25, 0.3) is 0 Å². The molecule has 0 amide bonds. The van der Waals surface area contributed by atoms with Crippen molar-refractivity contribution in [1.29, 1.82) is 0 Å².